The van der Waals surface area contributed by atoms with Crippen LogP contribution in [0.4, 0.5) is 4.39 Å². The third kappa shape index (κ3) is 1.01. The highest BCUT2D eigenvalue weighted by Gasteiger charge is 2.02. The number of hydrogen-bond acceptors (Lipinski definition) is 1. The van der Waals surface area contributed by atoms with Crippen LogP contribution in [-0.2, 0) is 0 Å². The van der Waals surface area contributed by atoms with Gasteiger partial charge < -0.3 is 0 Å². The number of nitrogens with zero attached hydrogens (tertiary/aromatic N) is 1. The van der Waals surface area contributed by atoms with E-state index in [0.29, 0.717) is 5.56 Å². The number of rotatable bonds is 0. The summed E-state index contributed by atoms with van der Waals surface area (Å²) in [7, 11) is 0. The van der Waals surface area contributed by atoms with Crippen molar-refractivity contribution >= 4 is 0 Å². The summed E-state index contributed by atoms with van der Waals surface area (Å²) in [5, 5.41) is 0. The Labute approximate surface area is 59.9 Å². The lowest BCUT2D eigenvalue weighted by atomic mass is 10.1. The molecular weight excluding hydrogens is 129 g/mol. The molecule has 1 aromatic rings. The van der Waals surface area contributed by atoms with Crippen LogP contribution in [0, 0.1) is 26.6 Å². The summed E-state index contributed by atoms with van der Waals surface area (Å²) in [6.07, 6.45) is 1.26. The van der Waals surface area contributed by atoms with Crippen LogP contribution in [0.2, 0.25) is 0 Å². The topological polar surface area (TPSA) is 12.9 Å². The number of halogens is 1. The van der Waals surface area contributed by atoms with E-state index in [4.69, 9.17) is 0 Å². The SMILES string of the molecule is Cc1ncc(F)c(C)c1C. The molecule has 0 aromatic carbocycles. The van der Waals surface area contributed by atoms with Gasteiger partial charge in [0, 0.05) is 5.69 Å². The fourth-order valence-electron chi connectivity index (χ4n) is 0.798. The molecule has 0 saturated heterocycles. The van der Waals surface area contributed by atoms with Gasteiger partial charge in [0.15, 0.2) is 0 Å². The lowest BCUT2D eigenvalue weighted by Crippen LogP contribution is -1.93. The molecule has 10 heavy (non-hydrogen) atoms. The van der Waals surface area contributed by atoms with E-state index < -0.39 is 0 Å². The smallest absolute Gasteiger partial charge is 0.144 e. The van der Waals surface area contributed by atoms with Crippen molar-refractivity contribution in [3.05, 3.63) is 28.8 Å². The highest BCUT2D eigenvalue weighted by atomic mass is 19.1. The molecule has 0 fully saturated rings. The lowest BCUT2D eigenvalue weighted by Gasteiger charge is -2.02. The molecule has 2 heteroatoms. The highest BCUT2D eigenvalue weighted by molar-refractivity contribution is 5.27. The summed E-state index contributed by atoms with van der Waals surface area (Å²) in [6, 6.07) is 0. The summed E-state index contributed by atoms with van der Waals surface area (Å²) in [5.41, 5.74) is 2.55. The van der Waals surface area contributed by atoms with E-state index in [2.05, 4.69) is 4.98 Å². The van der Waals surface area contributed by atoms with Gasteiger partial charge in [0.05, 0.1) is 6.20 Å². The van der Waals surface area contributed by atoms with Crippen molar-refractivity contribution in [2.45, 2.75) is 20.8 Å². The van der Waals surface area contributed by atoms with Gasteiger partial charge in [-0.15, -0.1) is 0 Å². The van der Waals surface area contributed by atoms with Crippen LogP contribution < -0.4 is 0 Å². The normalized spacial score (nSPS) is 10.0. The molecule has 0 atom stereocenters. The van der Waals surface area contributed by atoms with Crippen molar-refractivity contribution in [3.8, 4) is 0 Å². The second-order valence-electron chi connectivity index (χ2n) is 2.44. The minimum Gasteiger partial charge on any atom is -0.258 e. The van der Waals surface area contributed by atoms with E-state index in [1.165, 1.54) is 6.20 Å². The van der Waals surface area contributed by atoms with E-state index in [-0.39, 0.29) is 5.82 Å². The Hall–Kier alpha value is -0.920. The third-order valence-corrected chi connectivity index (χ3v) is 1.83. The number of aryl methyl sites for hydroxylation is 1. The summed E-state index contributed by atoms with van der Waals surface area (Å²) in [5.74, 6) is -0.219. The van der Waals surface area contributed by atoms with Crippen LogP contribution in [0.3, 0.4) is 0 Å². The first-order chi connectivity index (χ1) is 4.63. The minimum absolute atomic E-state index is 0.219. The van der Waals surface area contributed by atoms with Crippen molar-refractivity contribution in [1.29, 1.82) is 0 Å². The maximum absolute atomic E-state index is 12.7. The van der Waals surface area contributed by atoms with Crippen molar-refractivity contribution in [2.24, 2.45) is 0 Å². The summed E-state index contributed by atoms with van der Waals surface area (Å²) in [4.78, 5) is 3.86. The molecule has 0 bridgehead atoms. The van der Waals surface area contributed by atoms with Gasteiger partial charge in [-0.1, -0.05) is 0 Å². The number of hydrogen-bond donors (Lipinski definition) is 0. The van der Waals surface area contributed by atoms with E-state index in [1.807, 2.05) is 13.8 Å². The van der Waals surface area contributed by atoms with Gasteiger partial charge in [-0.05, 0) is 31.9 Å². The molecule has 0 unspecified atom stereocenters. The van der Waals surface area contributed by atoms with E-state index in [9.17, 15) is 4.39 Å². The van der Waals surface area contributed by atoms with Gasteiger partial charge in [-0.3, -0.25) is 4.98 Å². The second-order valence-corrected chi connectivity index (χ2v) is 2.44. The molecule has 0 N–H and O–H groups in total. The molecule has 0 spiro atoms. The second kappa shape index (κ2) is 2.37. The van der Waals surface area contributed by atoms with Gasteiger partial charge in [-0.25, -0.2) is 4.39 Å². The maximum Gasteiger partial charge on any atom is 0.144 e. The molecule has 1 rings (SSSR count). The van der Waals surface area contributed by atoms with Crippen LogP contribution >= 0.6 is 0 Å². The summed E-state index contributed by atoms with van der Waals surface area (Å²) < 4.78 is 12.7. The molecule has 0 aliphatic rings. The zero-order valence-corrected chi connectivity index (χ0v) is 6.40. The quantitative estimate of drug-likeness (QED) is 0.536. The largest absolute Gasteiger partial charge is 0.258 e. The molecule has 0 aliphatic carbocycles. The Bertz CT molecular complexity index is 229. The first-order valence-corrected chi connectivity index (χ1v) is 3.21. The highest BCUT2D eigenvalue weighted by Crippen LogP contribution is 2.11. The molecule has 0 saturated carbocycles. The van der Waals surface area contributed by atoms with E-state index >= 15 is 0 Å². The zero-order valence-electron chi connectivity index (χ0n) is 6.40. The van der Waals surface area contributed by atoms with E-state index in [1.54, 1.807) is 6.92 Å². The lowest BCUT2D eigenvalue weighted by molar-refractivity contribution is 0.608. The van der Waals surface area contributed by atoms with Gasteiger partial charge in [0.25, 0.3) is 0 Å². The van der Waals surface area contributed by atoms with Gasteiger partial charge >= 0.3 is 0 Å². The third-order valence-electron chi connectivity index (χ3n) is 1.83. The summed E-state index contributed by atoms with van der Waals surface area (Å²) >= 11 is 0. The Balaban J connectivity index is 3.34. The van der Waals surface area contributed by atoms with Gasteiger partial charge in [0.2, 0.25) is 0 Å². The first kappa shape index (κ1) is 7.19. The average Bonchev–Trinajstić information content (AvgIpc) is 1.93. The van der Waals surface area contributed by atoms with Crippen molar-refractivity contribution in [2.75, 3.05) is 0 Å². The standard InChI is InChI=1S/C8H10FN/c1-5-6(2)8(9)4-10-7(5)3/h4H,1-3H3. The molecular formula is C8H10FN. The van der Waals surface area contributed by atoms with Crippen LogP contribution in [0.5, 0.6) is 0 Å². The van der Waals surface area contributed by atoms with Crippen LogP contribution in [0.1, 0.15) is 16.8 Å². The predicted molar refractivity (Wildman–Crippen MR) is 38.4 cm³/mol. The number of pyridine rings is 1. The van der Waals surface area contributed by atoms with Crippen LogP contribution in [0.15, 0.2) is 6.20 Å². The predicted octanol–water partition coefficient (Wildman–Crippen LogP) is 2.15. The average molecular weight is 139 g/mol. The van der Waals surface area contributed by atoms with Crippen molar-refractivity contribution in [3.63, 3.8) is 0 Å². The molecule has 1 heterocycles. The Morgan fingerprint density at radius 3 is 2.30 bits per heavy atom. The molecule has 0 aliphatic heterocycles. The van der Waals surface area contributed by atoms with E-state index in [0.717, 1.165) is 11.3 Å². The van der Waals surface area contributed by atoms with Crippen LogP contribution in [0.25, 0.3) is 0 Å². The Morgan fingerprint density at radius 2 is 1.80 bits per heavy atom. The fourth-order valence-corrected chi connectivity index (χ4v) is 0.798. The van der Waals surface area contributed by atoms with Crippen molar-refractivity contribution < 1.29 is 4.39 Å². The fraction of sp³-hybridized carbons (Fsp3) is 0.375. The number of aromatic nitrogens is 1. The minimum atomic E-state index is -0.219. The van der Waals surface area contributed by atoms with Crippen LogP contribution in [-0.4, -0.2) is 4.98 Å². The zero-order chi connectivity index (χ0) is 7.72. The molecule has 0 amide bonds. The maximum atomic E-state index is 12.7. The first-order valence-electron chi connectivity index (χ1n) is 3.21. The van der Waals surface area contributed by atoms with Gasteiger partial charge in [-0.2, -0.15) is 0 Å². The molecule has 54 valence electrons. The van der Waals surface area contributed by atoms with Crippen molar-refractivity contribution in [1.82, 2.24) is 4.98 Å². The van der Waals surface area contributed by atoms with Gasteiger partial charge in [0.1, 0.15) is 5.82 Å². The Morgan fingerprint density at radius 1 is 1.20 bits per heavy atom. The molecule has 1 aromatic heterocycles. The molecule has 1 nitrogen and oxygen atoms in total. The molecule has 0 radical (unpaired) electrons. The summed E-state index contributed by atoms with van der Waals surface area (Å²) in [6.45, 7) is 5.52. The Kier molecular flexibility index (Phi) is 1.70. The monoisotopic (exact) mass is 139 g/mol.